The first-order valence-electron chi connectivity index (χ1n) is 7.61. The van der Waals surface area contributed by atoms with Crippen LogP contribution in [0.25, 0.3) is 0 Å². The van der Waals surface area contributed by atoms with Crippen molar-refractivity contribution in [3.05, 3.63) is 42.0 Å². The summed E-state index contributed by atoms with van der Waals surface area (Å²) >= 11 is 0. The summed E-state index contributed by atoms with van der Waals surface area (Å²) in [7, 11) is 0. The van der Waals surface area contributed by atoms with Crippen LogP contribution in [0.3, 0.4) is 0 Å². The van der Waals surface area contributed by atoms with Crippen LogP contribution in [0.15, 0.2) is 30.9 Å². The van der Waals surface area contributed by atoms with E-state index in [0.29, 0.717) is 16.2 Å². The van der Waals surface area contributed by atoms with Crippen molar-refractivity contribution in [2.45, 2.75) is 12.8 Å². The zero-order valence-corrected chi connectivity index (χ0v) is 13.4. The SMILES string of the molecule is C=CCN1C(=O)C(=O)N(CC(=O)c2ccc3c(c2)[C@H](C)C(=O)N3)C1=O. The van der Waals surface area contributed by atoms with Crippen molar-refractivity contribution < 1.29 is 24.0 Å². The van der Waals surface area contributed by atoms with Gasteiger partial charge in [0.2, 0.25) is 5.91 Å². The maximum absolute atomic E-state index is 12.4. The highest BCUT2D eigenvalue weighted by atomic mass is 16.2. The highest BCUT2D eigenvalue weighted by Crippen LogP contribution is 2.32. The van der Waals surface area contributed by atoms with E-state index < -0.39 is 30.2 Å². The number of hydrogen-bond donors (Lipinski definition) is 1. The van der Waals surface area contributed by atoms with Gasteiger partial charge in [-0.2, -0.15) is 0 Å². The van der Waals surface area contributed by atoms with Gasteiger partial charge in [-0.15, -0.1) is 6.58 Å². The Hall–Kier alpha value is -3.29. The second kappa shape index (κ2) is 5.97. The molecule has 25 heavy (non-hydrogen) atoms. The first kappa shape index (κ1) is 16.6. The predicted octanol–water partition coefficient (Wildman–Crippen LogP) is 0.902. The number of amides is 5. The molecular formula is C17H15N3O5. The molecular weight excluding hydrogens is 326 g/mol. The molecule has 2 aliphatic rings. The van der Waals surface area contributed by atoms with Gasteiger partial charge in [-0.25, -0.2) is 9.69 Å². The average Bonchev–Trinajstić information content (AvgIpc) is 2.98. The molecule has 0 radical (unpaired) electrons. The molecule has 2 aliphatic heterocycles. The average molecular weight is 341 g/mol. The maximum Gasteiger partial charge on any atom is 0.334 e. The van der Waals surface area contributed by atoms with Gasteiger partial charge in [0.1, 0.15) is 0 Å². The quantitative estimate of drug-likeness (QED) is 0.371. The monoisotopic (exact) mass is 341 g/mol. The minimum absolute atomic E-state index is 0.0990. The fourth-order valence-corrected chi connectivity index (χ4v) is 2.81. The summed E-state index contributed by atoms with van der Waals surface area (Å²) < 4.78 is 0. The van der Waals surface area contributed by atoms with Crippen LogP contribution >= 0.6 is 0 Å². The number of hydrogen-bond acceptors (Lipinski definition) is 5. The molecule has 1 aromatic carbocycles. The summed E-state index contributed by atoms with van der Waals surface area (Å²) in [4.78, 5) is 61.3. The first-order chi connectivity index (χ1) is 11.8. The Morgan fingerprint density at radius 1 is 1.20 bits per heavy atom. The van der Waals surface area contributed by atoms with E-state index in [0.717, 1.165) is 4.90 Å². The Kier molecular flexibility index (Phi) is 3.96. The van der Waals surface area contributed by atoms with Gasteiger partial charge in [-0.05, 0) is 30.7 Å². The number of anilines is 1. The number of benzene rings is 1. The molecule has 1 N–H and O–H groups in total. The Morgan fingerprint density at radius 3 is 2.56 bits per heavy atom. The fourth-order valence-electron chi connectivity index (χ4n) is 2.81. The van der Waals surface area contributed by atoms with Crippen LogP contribution in [0.1, 0.15) is 28.8 Å². The van der Waals surface area contributed by atoms with Gasteiger partial charge in [-0.3, -0.25) is 24.1 Å². The first-order valence-corrected chi connectivity index (χ1v) is 7.61. The molecule has 0 aromatic heterocycles. The summed E-state index contributed by atoms with van der Waals surface area (Å²) in [5, 5.41) is 2.70. The van der Waals surface area contributed by atoms with Crippen molar-refractivity contribution in [3.63, 3.8) is 0 Å². The standard InChI is InChI=1S/C17H15N3O5/c1-3-6-19-15(23)16(24)20(17(19)25)8-13(21)10-4-5-12-11(7-10)9(2)14(22)18-12/h3-5,7,9H,1,6,8H2,2H3,(H,18,22)/t9-/m0/s1. The van der Waals surface area contributed by atoms with Crippen LogP contribution in [-0.2, 0) is 14.4 Å². The number of urea groups is 1. The molecule has 0 aliphatic carbocycles. The number of Topliss-reactive ketones (excluding diaryl/α,β-unsaturated/α-hetero) is 1. The van der Waals surface area contributed by atoms with E-state index in [1.165, 1.54) is 12.1 Å². The summed E-state index contributed by atoms with van der Waals surface area (Å²) in [5.74, 6) is -3.05. The Labute approximate surface area is 143 Å². The van der Waals surface area contributed by atoms with E-state index >= 15 is 0 Å². The van der Waals surface area contributed by atoms with Gasteiger partial charge in [0.15, 0.2) is 5.78 Å². The normalized spacial score (nSPS) is 19.3. The lowest BCUT2D eigenvalue weighted by molar-refractivity contribution is -0.142. The van der Waals surface area contributed by atoms with Crippen LogP contribution in [0.5, 0.6) is 0 Å². The van der Waals surface area contributed by atoms with Gasteiger partial charge in [-0.1, -0.05) is 6.08 Å². The van der Waals surface area contributed by atoms with Crippen LogP contribution in [-0.4, -0.2) is 52.4 Å². The summed E-state index contributed by atoms with van der Waals surface area (Å²) in [6.07, 6.45) is 1.32. The third kappa shape index (κ3) is 2.61. The molecule has 1 atom stereocenters. The van der Waals surface area contributed by atoms with Gasteiger partial charge >= 0.3 is 17.8 Å². The van der Waals surface area contributed by atoms with Crippen molar-refractivity contribution in [1.82, 2.24) is 9.80 Å². The lowest BCUT2D eigenvalue weighted by atomic mass is 9.99. The van der Waals surface area contributed by atoms with E-state index in [1.807, 2.05) is 0 Å². The smallest absolute Gasteiger partial charge is 0.325 e. The number of ketones is 1. The minimum atomic E-state index is -1.04. The number of fused-ring (bicyclic) bond motifs is 1. The van der Waals surface area contributed by atoms with Crippen molar-refractivity contribution in [3.8, 4) is 0 Å². The lowest BCUT2D eigenvalue weighted by Gasteiger charge is -2.14. The van der Waals surface area contributed by atoms with Crippen LogP contribution < -0.4 is 5.32 Å². The molecule has 0 spiro atoms. The Balaban J connectivity index is 1.81. The lowest BCUT2D eigenvalue weighted by Crippen LogP contribution is -2.37. The third-order valence-corrected chi connectivity index (χ3v) is 4.24. The topological polar surface area (TPSA) is 104 Å². The molecule has 8 heteroatoms. The largest absolute Gasteiger partial charge is 0.334 e. The van der Waals surface area contributed by atoms with E-state index in [-0.39, 0.29) is 23.9 Å². The van der Waals surface area contributed by atoms with Crippen molar-refractivity contribution in [2.24, 2.45) is 0 Å². The molecule has 1 aromatic rings. The van der Waals surface area contributed by atoms with Gasteiger partial charge < -0.3 is 5.32 Å². The molecule has 8 nitrogen and oxygen atoms in total. The summed E-state index contributed by atoms with van der Waals surface area (Å²) in [5.41, 5.74) is 1.58. The number of rotatable bonds is 5. The molecule has 2 heterocycles. The molecule has 1 fully saturated rings. The van der Waals surface area contributed by atoms with Gasteiger partial charge in [0, 0.05) is 17.8 Å². The zero-order chi connectivity index (χ0) is 18.3. The molecule has 3 rings (SSSR count). The molecule has 128 valence electrons. The van der Waals surface area contributed by atoms with Gasteiger partial charge in [0.25, 0.3) is 0 Å². The van der Waals surface area contributed by atoms with Crippen molar-refractivity contribution >= 4 is 35.2 Å². The van der Waals surface area contributed by atoms with Crippen molar-refractivity contribution in [2.75, 3.05) is 18.4 Å². The maximum atomic E-state index is 12.4. The summed E-state index contributed by atoms with van der Waals surface area (Å²) in [6, 6.07) is 3.84. The van der Waals surface area contributed by atoms with E-state index in [1.54, 1.807) is 19.1 Å². The van der Waals surface area contributed by atoms with E-state index in [9.17, 15) is 24.0 Å². The predicted molar refractivity (Wildman–Crippen MR) is 86.8 cm³/mol. The van der Waals surface area contributed by atoms with Crippen molar-refractivity contribution in [1.29, 1.82) is 0 Å². The number of nitrogens with one attached hydrogen (secondary N) is 1. The molecule has 5 amide bonds. The number of nitrogens with zero attached hydrogens (tertiary/aromatic N) is 2. The number of carbonyl (C=O) groups is 5. The Morgan fingerprint density at radius 2 is 1.88 bits per heavy atom. The second-order valence-electron chi connectivity index (χ2n) is 5.81. The fraction of sp³-hybridized carbons (Fsp3) is 0.235. The van der Waals surface area contributed by atoms with Crippen LogP contribution in [0.2, 0.25) is 0 Å². The highest BCUT2D eigenvalue weighted by molar-refractivity contribution is 6.45. The Bertz CT molecular complexity index is 845. The van der Waals surface area contributed by atoms with Gasteiger partial charge in [0.05, 0.1) is 12.5 Å². The highest BCUT2D eigenvalue weighted by Gasteiger charge is 2.44. The minimum Gasteiger partial charge on any atom is -0.325 e. The van der Waals surface area contributed by atoms with Crippen LogP contribution in [0.4, 0.5) is 10.5 Å². The van der Waals surface area contributed by atoms with E-state index in [2.05, 4.69) is 11.9 Å². The zero-order valence-electron chi connectivity index (χ0n) is 13.4. The molecule has 0 saturated carbocycles. The van der Waals surface area contributed by atoms with E-state index in [4.69, 9.17) is 0 Å². The molecule has 0 unspecified atom stereocenters. The third-order valence-electron chi connectivity index (χ3n) is 4.24. The second-order valence-corrected chi connectivity index (χ2v) is 5.81. The number of imide groups is 2. The van der Waals surface area contributed by atoms with Crippen LogP contribution in [0, 0.1) is 0 Å². The number of carbonyl (C=O) groups excluding carboxylic acids is 5. The molecule has 0 bridgehead atoms. The summed E-state index contributed by atoms with van der Waals surface area (Å²) in [6.45, 7) is 4.50. The molecule has 1 saturated heterocycles.